The molecule has 0 rings (SSSR count). The van der Waals surface area contributed by atoms with Crippen molar-refractivity contribution >= 4 is 88.7 Å². The van der Waals surface area contributed by atoms with Crippen molar-refractivity contribution in [2.24, 2.45) is 34.8 Å². The first-order chi connectivity index (χ1) is 35.6. The molecular formula is C46H80N12O17S. The molecule has 0 aromatic carbocycles. The number of aliphatic carboxylic acids is 3. The second kappa shape index (κ2) is 37.1. The largest absolute Gasteiger partial charge is 0.481 e. The highest BCUT2D eigenvalue weighted by molar-refractivity contribution is 7.98. The Kier molecular flexibility index (Phi) is 33.9. The standard InChI is InChI=1S/C46H80N12O17S/c1-23(2)20-31(44(72)55-28(10-14-35(50)61)42(70)57-32(46(74)75)21-24(3)4)56-41(69)27(9-13-34(49)60)53-39(67)26(8-6-7-18-47)52-45(73)33(22-59)58-43(71)30(12-16-37(64)65)54-40(68)29(11-15-36(62)63)51-38(66)25(48)17-19-76-5/h23-33,59H,6-22,47-48H2,1-5H3,(H2,49,60)(H2,50,61)(H,51,66)(H,52,73)(H,53,67)(H,54,68)(H,55,72)(H,56,69)(H,57,70)(H,58,71)(H,62,63)(H,64,65)(H,74,75)/t25-,26-,27-,28-,29-,30-,31-,32-,33-/m0/s1. The first kappa shape index (κ1) is 69.3. The third-order valence-electron chi connectivity index (χ3n) is 11.2. The fraction of sp³-hybridized carbons (Fsp3) is 0.717. The van der Waals surface area contributed by atoms with Crippen molar-refractivity contribution in [1.29, 1.82) is 0 Å². The number of carboxylic acid groups (broad SMARTS) is 3. The van der Waals surface area contributed by atoms with E-state index in [1.54, 1.807) is 34.0 Å². The molecule has 0 aliphatic rings. The van der Waals surface area contributed by atoms with Gasteiger partial charge in [-0.05, 0) is 94.6 Å². The molecule has 0 bridgehead atoms. The number of rotatable bonds is 41. The summed E-state index contributed by atoms with van der Waals surface area (Å²) in [6.45, 7) is 5.83. The van der Waals surface area contributed by atoms with Gasteiger partial charge in [0.25, 0.3) is 0 Å². The normalized spacial score (nSPS) is 14.7. The van der Waals surface area contributed by atoms with E-state index in [-0.39, 0.29) is 56.9 Å². The number of hydrogen-bond donors (Lipinski definition) is 16. The fourth-order valence-corrected chi connectivity index (χ4v) is 7.59. The molecule has 0 aliphatic heterocycles. The van der Waals surface area contributed by atoms with Crippen molar-refractivity contribution < 1.29 is 82.8 Å². The van der Waals surface area contributed by atoms with Gasteiger partial charge in [0.05, 0.1) is 12.6 Å². The van der Waals surface area contributed by atoms with Gasteiger partial charge in [-0.3, -0.25) is 57.5 Å². The summed E-state index contributed by atoms with van der Waals surface area (Å²) in [5.41, 5.74) is 22.3. The maximum Gasteiger partial charge on any atom is 0.326 e. The van der Waals surface area contributed by atoms with Gasteiger partial charge in [0.1, 0.15) is 48.3 Å². The topological polar surface area (TPSA) is 503 Å². The molecule has 0 unspecified atom stereocenters. The van der Waals surface area contributed by atoms with Crippen LogP contribution in [0.5, 0.6) is 0 Å². The minimum Gasteiger partial charge on any atom is -0.481 e. The number of carboxylic acids is 3. The number of primary amides is 2. The van der Waals surface area contributed by atoms with Crippen LogP contribution < -0.4 is 65.5 Å². The number of nitrogens with one attached hydrogen (secondary N) is 8. The van der Waals surface area contributed by atoms with Crippen LogP contribution in [-0.4, -0.2) is 177 Å². The molecule has 0 spiro atoms. The average molecular weight is 1110 g/mol. The summed E-state index contributed by atoms with van der Waals surface area (Å²) in [6, 6.07) is -13.8. The predicted molar refractivity (Wildman–Crippen MR) is 274 cm³/mol. The summed E-state index contributed by atoms with van der Waals surface area (Å²) in [4.78, 5) is 168. The third kappa shape index (κ3) is 29.4. The van der Waals surface area contributed by atoms with E-state index in [1.807, 2.05) is 0 Å². The molecule has 30 heteroatoms. The van der Waals surface area contributed by atoms with Gasteiger partial charge in [0.2, 0.25) is 59.1 Å². The van der Waals surface area contributed by atoms with E-state index in [4.69, 9.17) is 22.9 Å². The lowest BCUT2D eigenvalue weighted by Gasteiger charge is -2.28. The lowest BCUT2D eigenvalue weighted by molar-refractivity contribution is -0.143. The Labute approximate surface area is 444 Å². The number of thioether (sulfide) groups is 1. The van der Waals surface area contributed by atoms with Gasteiger partial charge in [-0.15, -0.1) is 0 Å². The Morgan fingerprint density at radius 1 is 0.434 bits per heavy atom. The number of hydrogen-bond acceptors (Lipinski definition) is 17. The molecule has 0 saturated carbocycles. The molecule has 29 nitrogen and oxygen atoms in total. The van der Waals surface area contributed by atoms with Crippen LogP contribution in [0.25, 0.3) is 0 Å². The summed E-state index contributed by atoms with van der Waals surface area (Å²) in [5, 5.41) is 57.5. The zero-order valence-electron chi connectivity index (χ0n) is 43.7. The number of amides is 10. The lowest BCUT2D eigenvalue weighted by Crippen LogP contribution is -2.61. The summed E-state index contributed by atoms with van der Waals surface area (Å²) in [6.07, 6.45) is -1.88. The molecule has 10 amide bonds. The van der Waals surface area contributed by atoms with Crippen LogP contribution >= 0.6 is 11.8 Å². The second-order valence-electron chi connectivity index (χ2n) is 18.8. The minimum absolute atomic E-state index is 0.0233. The summed E-state index contributed by atoms with van der Waals surface area (Å²) in [7, 11) is 0. The molecule has 0 saturated heterocycles. The van der Waals surface area contributed by atoms with Gasteiger partial charge >= 0.3 is 17.9 Å². The van der Waals surface area contributed by atoms with Crippen LogP contribution in [-0.2, 0) is 62.3 Å². The van der Waals surface area contributed by atoms with Gasteiger partial charge < -0.3 is 85.9 Å². The highest BCUT2D eigenvalue weighted by Crippen LogP contribution is 2.12. The van der Waals surface area contributed by atoms with Crippen molar-refractivity contribution in [3.8, 4) is 0 Å². The minimum atomic E-state index is -1.89. The van der Waals surface area contributed by atoms with Gasteiger partial charge in [-0.25, -0.2) is 4.79 Å². The van der Waals surface area contributed by atoms with E-state index >= 15 is 0 Å². The van der Waals surface area contributed by atoms with E-state index in [9.17, 15) is 82.8 Å². The van der Waals surface area contributed by atoms with E-state index in [1.165, 1.54) is 11.8 Å². The Morgan fingerprint density at radius 3 is 1.09 bits per heavy atom. The van der Waals surface area contributed by atoms with Crippen LogP contribution in [0, 0.1) is 11.8 Å². The van der Waals surface area contributed by atoms with Crippen molar-refractivity contribution in [3.63, 3.8) is 0 Å². The monoisotopic (exact) mass is 1100 g/mol. The van der Waals surface area contributed by atoms with E-state index in [2.05, 4.69) is 42.5 Å². The zero-order valence-corrected chi connectivity index (χ0v) is 44.5. The van der Waals surface area contributed by atoms with Crippen molar-refractivity contribution in [3.05, 3.63) is 0 Å². The molecule has 9 atom stereocenters. The molecule has 0 aliphatic carbocycles. The van der Waals surface area contributed by atoms with E-state index in [0.29, 0.717) is 12.2 Å². The first-order valence-corrected chi connectivity index (χ1v) is 26.2. The number of unbranched alkanes of at least 4 members (excludes halogenated alkanes) is 1. The van der Waals surface area contributed by atoms with Crippen LogP contribution in [0.15, 0.2) is 0 Å². The maximum absolute atomic E-state index is 14.0. The molecule has 20 N–H and O–H groups in total. The first-order valence-electron chi connectivity index (χ1n) is 24.8. The van der Waals surface area contributed by atoms with Gasteiger partial charge in [0.15, 0.2) is 0 Å². The van der Waals surface area contributed by atoms with E-state index in [0.717, 1.165) is 0 Å². The van der Waals surface area contributed by atoms with Crippen molar-refractivity contribution in [1.82, 2.24) is 42.5 Å². The molecule has 0 aromatic heterocycles. The molecule has 0 fully saturated rings. The number of aliphatic hydroxyl groups excluding tert-OH is 1. The van der Waals surface area contributed by atoms with Gasteiger partial charge in [-0.1, -0.05) is 27.7 Å². The van der Waals surface area contributed by atoms with Crippen LogP contribution in [0.2, 0.25) is 0 Å². The second-order valence-corrected chi connectivity index (χ2v) is 19.8. The van der Waals surface area contributed by atoms with E-state index < -0.39 is 183 Å². The summed E-state index contributed by atoms with van der Waals surface area (Å²) >= 11 is 1.39. The molecule has 432 valence electrons. The SMILES string of the molecule is CSCC[C@H](N)C(=O)N[C@@H](CCC(=O)O)C(=O)N[C@@H](CCC(=O)O)C(=O)N[C@@H](CO)C(=O)N[C@@H](CCCCN)C(=O)N[C@@H](CCC(N)=O)C(=O)N[C@@H](CC(C)C)C(=O)N[C@@H](CCC(N)=O)C(=O)N[C@@H](CC(C)C)C(=O)O. The Morgan fingerprint density at radius 2 is 0.750 bits per heavy atom. The Bertz CT molecular complexity index is 2000. The quantitative estimate of drug-likeness (QED) is 0.0257. The predicted octanol–water partition coefficient (Wildman–Crippen LogP) is -4.50. The maximum atomic E-state index is 14.0. The van der Waals surface area contributed by atoms with Crippen molar-refractivity contribution in [2.75, 3.05) is 25.2 Å². The molecule has 0 heterocycles. The Hall–Kier alpha value is -6.66. The van der Waals surface area contributed by atoms with Crippen LogP contribution in [0.3, 0.4) is 0 Å². The molecule has 76 heavy (non-hydrogen) atoms. The Balaban J connectivity index is 6.74. The van der Waals surface area contributed by atoms with Gasteiger partial charge in [-0.2, -0.15) is 11.8 Å². The summed E-state index contributed by atoms with van der Waals surface area (Å²) in [5.74, 6) is -14.2. The molecular weight excluding hydrogens is 1020 g/mol. The molecule has 0 aromatic rings. The average Bonchev–Trinajstić information content (AvgIpc) is 3.33. The number of aliphatic hydroxyl groups is 1. The smallest absolute Gasteiger partial charge is 0.326 e. The van der Waals surface area contributed by atoms with Crippen LogP contribution in [0.1, 0.15) is 118 Å². The lowest BCUT2D eigenvalue weighted by atomic mass is 10.00. The highest BCUT2D eigenvalue weighted by atomic mass is 32.2. The highest BCUT2D eigenvalue weighted by Gasteiger charge is 2.36. The molecule has 0 radical (unpaired) electrons. The van der Waals surface area contributed by atoms with Crippen LogP contribution in [0.4, 0.5) is 0 Å². The zero-order chi connectivity index (χ0) is 58.2. The third-order valence-corrected chi connectivity index (χ3v) is 11.9. The fourth-order valence-electron chi connectivity index (χ4n) is 7.10. The number of nitrogens with two attached hydrogens (primary N) is 4. The van der Waals surface area contributed by atoms with Crippen molar-refractivity contribution in [2.45, 2.75) is 172 Å². The number of carbonyl (C=O) groups excluding carboxylic acids is 10. The number of carbonyl (C=O) groups is 13. The van der Waals surface area contributed by atoms with Gasteiger partial charge in [0, 0.05) is 25.7 Å². The summed E-state index contributed by atoms with van der Waals surface area (Å²) < 4.78 is 0.